The van der Waals surface area contributed by atoms with Crippen molar-refractivity contribution in [3.05, 3.63) is 11.6 Å². The molecule has 0 bridgehead atoms. The van der Waals surface area contributed by atoms with Gasteiger partial charge in [0.25, 0.3) is 5.92 Å². The number of likely N-dealkylation sites (tertiary alicyclic amines) is 1. The number of carbonyl (C=O) groups excluding carboxylic acids is 2. The molecule has 0 spiro atoms. The van der Waals surface area contributed by atoms with Crippen LogP contribution in [0.4, 0.5) is 30.7 Å². The first-order valence-corrected chi connectivity index (χ1v) is 9.27. The fraction of sp³-hybridized carbons (Fsp3) is 0.750. The van der Waals surface area contributed by atoms with Gasteiger partial charge in [-0.15, -0.1) is 10.2 Å². The van der Waals surface area contributed by atoms with E-state index in [1.165, 1.54) is 0 Å². The lowest BCUT2D eigenvalue weighted by Crippen LogP contribution is -2.51. The van der Waals surface area contributed by atoms with Gasteiger partial charge in [-0.1, -0.05) is 0 Å². The number of amides is 2. The summed E-state index contributed by atoms with van der Waals surface area (Å²) in [5.74, 6) is -11.1. The van der Waals surface area contributed by atoms with E-state index in [0.717, 1.165) is 9.80 Å². The van der Waals surface area contributed by atoms with E-state index in [4.69, 9.17) is 5.73 Å². The van der Waals surface area contributed by atoms with Crippen LogP contribution in [0.2, 0.25) is 0 Å². The van der Waals surface area contributed by atoms with Gasteiger partial charge in [-0.25, -0.2) is 8.78 Å². The van der Waals surface area contributed by atoms with Gasteiger partial charge in [0, 0.05) is 44.9 Å². The summed E-state index contributed by atoms with van der Waals surface area (Å²) in [5, 5.41) is 6.29. The maximum absolute atomic E-state index is 13.6. The number of nitrogens with two attached hydrogens (primary N) is 1. The summed E-state index contributed by atoms with van der Waals surface area (Å²) in [4.78, 5) is 26.3. The molecule has 0 saturated carbocycles. The highest BCUT2D eigenvalue weighted by molar-refractivity contribution is 5.78. The van der Waals surface area contributed by atoms with Crippen LogP contribution in [-0.2, 0) is 28.6 Å². The van der Waals surface area contributed by atoms with Crippen LogP contribution in [0, 0.1) is 0 Å². The fourth-order valence-corrected chi connectivity index (χ4v) is 3.49. The van der Waals surface area contributed by atoms with Crippen molar-refractivity contribution in [1.82, 2.24) is 24.6 Å². The van der Waals surface area contributed by atoms with Crippen molar-refractivity contribution in [1.29, 1.82) is 0 Å². The molecule has 31 heavy (non-hydrogen) atoms. The Morgan fingerprint density at radius 3 is 2.48 bits per heavy atom. The van der Waals surface area contributed by atoms with Gasteiger partial charge in [0.15, 0.2) is 5.82 Å². The highest BCUT2D eigenvalue weighted by Crippen LogP contribution is 2.43. The van der Waals surface area contributed by atoms with Gasteiger partial charge in [0.1, 0.15) is 0 Å². The Balaban J connectivity index is 1.61. The van der Waals surface area contributed by atoms with E-state index in [-0.39, 0.29) is 44.8 Å². The topological polar surface area (TPSA) is 97.3 Å². The Kier molecular flexibility index (Phi) is 5.92. The number of rotatable bonds is 5. The normalized spacial score (nSPS) is 20.6. The molecule has 2 aliphatic heterocycles. The van der Waals surface area contributed by atoms with Crippen LogP contribution in [0.5, 0.6) is 0 Å². The van der Waals surface area contributed by atoms with Gasteiger partial charge >= 0.3 is 12.1 Å². The molecule has 0 radical (unpaired) electrons. The molecule has 2 aliphatic rings. The van der Waals surface area contributed by atoms with Crippen LogP contribution in [0.3, 0.4) is 0 Å². The molecule has 0 aliphatic carbocycles. The standard InChI is InChI=1S/C16H19F7N6O2/c17-14(18)2-1-11(30)28(8-14)6-9(24)5-12(31)27-3-4-29-10(7-27)25-26-13(29)15(19,20)16(21,22)23/h9H,1-8,24H2/t9-/m0/s1. The summed E-state index contributed by atoms with van der Waals surface area (Å²) in [7, 11) is 0. The third kappa shape index (κ3) is 4.75. The molecule has 3 rings (SSSR count). The van der Waals surface area contributed by atoms with Gasteiger partial charge < -0.3 is 20.1 Å². The van der Waals surface area contributed by atoms with Crippen LogP contribution in [0.1, 0.15) is 30.9 Å². The smallest absolute Gasteiger partial charge is 0.335 e. The summed E-state index contributed by atoms with van der Waals surface area (Å²) in [5.41, 5.74) is 5.82. The number of aromatic nitrogens is 3. The summed E-state index contributed by atoms with van der Waals surface area (Å²) in [6.07, 6.45) is -7.07. The maximum atomic E-state index is 13.6. The largest absolute Gasteiger partial charge is 0.461 e. The van der Waals surface area contributed by atoms with E-state index in [1.54, 1.807) is 0 Å². The average molecular weight is 460 g/mol. The summed E-state index contributed by atoms with van der Waals surface area (Å²) >= 11 is 0. The van der Waals surface area contributed by atoms with Crippen molar-refractivity contribution < 1.29 is 40.3 Å². The van der Waals surface area contributed by atoms with E-state index in [0.29, 0.717) is 4.57 Å². The minimum Gasteiger partial charge on any atom is -0.335 e. The van der Waals surface area contributed by atoms with Crippen LogP contribution in [-0.4, -0.2) is 74.2 Å². The second kappa shape index (κ2) is 7.91. The Morgan fingerprint density at radius 1 is 1.16 bits per heavy atom. The molecule has 8 nitrogen and oxygen atoms in total. The first-order valence-electron chi connectivity index (χ1n) is 9.27. The van der Waals surface area contributed by atoms with Crippen molar-refractivity contribution >= 4 is 11.8 Å². The molecule has 1 saturated heterocycles. The van der Waals surface area contributed by atoms with E-state index >= 15 is 0 Å². The first-order chi connectivity index (χ1) is 14.2. The fourth-order valence-electron chi connectivity index (χ4n) is 3.49. The van der Waals surface area contributed by atoms with Gasteiger partial charge in [0.05, 0.1) is 13.1 Å². The molecule has 0 aromatic carbocycles. The highest BCUT2D eigenvalue weighted by atomic mass is 19.4. The van der Waals surface area contributed by atoms with Crippen LogP contribution >= 0.6 is 0 Å². The summed E-state index contributed by atoms with van der Waals surface area (Å²) in [6, 6.07) is -0.963. The third-order valence-electron chi connectivity index (χ3n) is 5.11. The lowest BCUT2D eigenvalue weighted by atomic mass is 10.0. The zero-order valence-corrected chi connectivity index (χ0v) is 16.0. The molecule has 1 aromatic heterocycles. The van der Waals surface area contributed by atoms with Crippen molar-refractivity contribution in [2.24, 2.45) is 5.73 Å². The predicted molar refractivity (Wildman–Crippen MR) is 88.7 cm³/mol. The molecule has 1 fully saturated rings. The maximum Gasteiger partial charge on any atom is 0.461 e. The number of carbonyl (C=O) groups is 2. The van der Waals surface area contributed by atoms with E-state index in [9.17, 15) is 40.3 Å². The van der Waals surface area contributed by atoms with Gasteiger partial charge in [-0.05, 0) is 0 Å². The SMILES string of the molecule is N[C@@H](CC(=O)N1CCn2c(nnc2C(F)(F)C(F)(F)F)C1)CN1CC(F)(F)CCC1=O. The van der Waals surface area contributed by atoms with Gasteiger partial charge in [0.2, 0.25) is 17.6 Å². The zero-order chi connectivity index (χ0) is 23.2. The Bertz CT molecular complexity index is 856. The average Bonchev–Trinajstić information content (AvgIpc) is 3.07. The third-order valence-corrected chi connectivity index (χ3v) is 5.11. The quantitative estimate of drug-likeness (QED) is 0.668. The van der Waals surface area contributed by atoms with Crippen LogP contribution in [0.15, 0.2) is 0 Å². The molecule has 15 heteroatoms. The lowest BCUT2D eigenvalue weighted by Gasteiger charge is -2.34. The first kappa shape index (κ1) is 23.2. The van der Waals surface area contributed by atoms with Gasteiger partial charge in [-0.2, -0.15) is 22.0 Å². The summed E-state index contributed by atoms with van der Waals surface area (Å²) < 4.78 is 92.6. The molecular formula is C16H19F7N6O2. The molecule has 0 unspecified atom stereocenters. The van der Waals surface area contributed by atoms with E-state index in [2.05, 4.69) is 10.2 Å². The lowest BCUT2D eigenvalue weighted by molar-refractivity contribution is -0.293. The number of halogens is 7. The Hall–Kier alpha value is -2.45. The number of alkyl halides is 7. The number of hydrogen-bond donors (Lipinski definition) is 1. The molecule has 2 N–H and O–H groups in total. The highest BCUT2D eigenvalue weighted by Gasteiger charge is 2.62. The molecule has 3 heterocycles. The molecule has 174 valence electrons. The Morgan fingerprint density at radius 2 is 1.84 bits per heavy atom. The van der Waals surface area contributed by atoms with E-state index in [1.807, 2.05) is 0 Å². The van der Waals surface area contributed by atoms with Crippen molar-refractivity contribution in [3.8, 4) is 0 Å². The van der Waals surface area contributed by atoms with Crippen LogP contribution in [0.25, 0.3) is 0 Å². The number of hydrogen-bond acceptors (Lipinski definition) is 5. The number of fused-ring (bicyclic) bond motifs is 1. The molecule has 1 aromatic rings. The van der Waals surface area contributed by atoms with Crippen molar-refractivity contribution in [2.75, 3.05) is 19.6 Å². The van der Waals surface area contributed by atoms with Crippen molar-refractivity contribution in [3.63, 3.8) is 0 Å². The molecule has 2 amide bonds. The van der Waals surface area contributed by atoms with E-state index < -0.39 is 54.7 Å². The molecular weight excluding hydrogens is 441 g/mol. The number of nitrogens with zero attached hydrogens (tertiary/aromatic N) is 5. The van der Waals surface area contributed by atoms with Gasteiger partial charge in [-0.3, -0.25) is 9.59 Å². The molecule has 1 atom stereocenters. The van der Waals surface area contributed by atoms with Crippen LogP contribution < -0.4 is 5.73 Å². The van der Waals surface area contributed by atoms with Crippen molar-refractivity contribution in [2.45, 2.75) is 56.4 Å². The summed E-state index contributed by atoms with van der Waals surface area (Å²) in [6.45, 7) is -2.02. The second-order valence-electron chi connectivity index (χ2n) is 7.57. The minimum absolute atomic E-state index is 0.196. The Labute approximate surface area is 171 Å². The monoisotopic (exact) mass is 460 g/mol. The zero-order valence-electron chi connectivity index (χ0n) is 16.0. The predicted octanol–water partition coefficient (Wildman–Crippen LogP) is 1.25. The minimum atomic E-state index is -5.85. The number of piperidine rings is 1. The second-order valence-corrected chi connectivity index (χ2v) is 7.57.